The molecule has 3 heterocycles. The summed E-state index contributed by atoms with van der Waals surface area (Å²) in [5, 5.41) is 7.13. The Hall–Kier alpha value is -2.61. The summed E-state index contributed by atoms with van der Waals surface area (Å²) >= 11 is 0. The zero-order valence-electron chi connectivity index (χ0n) is 14.5. The molecule has 2 amide bonds. The van der Waals surface area contributed by atoms with Crippen LogP contribution in [0.25, 0.3) is 0 Å². The average Bonchev–Trinajstić information content (AvgIpc) is 3.13. The number of carbonyl (C=O) groups is 1. The van der Waals surface area contributed by atoms with Crippen molar-refractivity contribution in [2.24, 2.45) is 0 Å². The molecule has 8 nitrogen and oxygen atoms in total. The molecule has 0 saturated carbocycles. The number of carbonyl (C=O) groups excluding carboxylic acids is 1. The fraction of sp³-hybridized carbons (Fsp3) is 0.471. The maximum absolute atomic E-state index is 12.5. The molecule has 134 valence electrons. The lowest BCUT2D eigenvalue weighted by Crippen LogP contribution is -2.44. The van der Waals surface area contributed by atoms with E-state index in [-0.39, 0.29) is 12.1 Å². The second-order valence-electron chi connectivity index (χ2n) is 5.68. The van der Waals surface area contributed by atoms with E-state index in [1.807, 2.05) is 24.7 Å². The first-order valence-corrected chi connectivity index (χ1v) is 8.48. The highest BCUT2D eigenvalue weighted by molar-refractivity contribution is 5.89. The Labute approximate surface area is 146 Å². The van der Waals surface area contributed by atoms with Gasteiger partial charge in [0.2, 0.25) is 5.88 Å². The molecule has 3 rings (SSSR count). The van der Waals surface area contributed by atoms with Crippen LogP contribution in [0.15, 0.2) is 30.7 Å². The summed E-state index contributed by atoms with van der Waals surface area (Å²) in [5.41, 5.74) is 1.62. The highest BCUT2D eigenvalue weighted by atomic mass is 16.5. The Kier molecular flexibility index (Phi) is 5.49. The lowest BCUT2D eigenvalue weighted by molar-refractivity contribution is -0.0135. The van der Waals surface area contributed by atoms with Gasteiger partial charge in [-0.1, -0.05) is 0 Å². The topological polar surface area (TPSA) is 81.5 Å². The van der Waals surface area contributed by atoms with Crippen LogP contribution in [0, 0.1) is 0 Å². The number of hydrogen-bond donors (Lipinski definition) is 1. The predicted octanol–water partition coefficient (Wildman–Crippen LogP) is 2.30. The van der Waals surface area contributed by atoms with Crippen molar-refractivity contribution < 1.29 is 14.3 Å². The number of amides is 2. The van der Waals surface area contributed by atoms with Gasteiger partial charge in [0, 0.05) is 30.9 Å². The molecule has 0 bridgehead atoms. The zero-order chi connectivity index (χ0) is 17.6. The number of aryl methyl sites for hydroxylation is 1. The summed E-state index contributed by atoms with van der Waals surface area (Å²) in [6.07, 6.45) is 5.19. The molecule has 0 aliphatic carbocycles. The van der Waals surface area contributed by atoms with Crippen LogP contribution < -0.4 is 10.1 Å². The van der Waals surface area contributed by atoms with E-state index in [1.54, 1.807) is 29.4 Å². The number of hydrogen-bond acceptors (Lipinski definition) is 5. The van der Waals surface area contributed by atoms with Gasteiger partial charge in [0.05, 0.1) is 37.8 Å². The molecule has 0 unspecified atom stereocenters. The fourth-order valence-corrected chi connectivity index (χ4v) is 2.64. The van der Waals surface area contributed by atoms with Gasteiger partial charge in [-0.2, -0.15) is 5.10 Å². The van der Waals surface area contributed by atoms with Crippen molar-refractivity contribution in [2.45, 2.75) is 26.5 Å². The molecule has 0 spiro atoms. The van der Waals surface area contributed by atoms with Gasteiger partial charge in [0.1, 0.15) is 6.10 Å². The van der Waals surface area contributed by atoms with Gasteiger partial charge < -0.3 is 19.7 Å². The van der Waals surface area contributed by atoms with Crippen LogP contribution in [0.2, 0.25) is 0 Å². The Morgan fingerprint density at radius 1 is 1.40 bits per heavy atom. The minimum atomic E-state index is -0.165. The molecule has 1 fully saturated rings. The summed E-state index contributed by atoms with van der Waals surface area (Å²) in [4.78, 5) is 18.4. The summed E-state index contributed by atoms with van der Waals surface area (Å²) in [5.74, 6) is 0.542. The molecule has 1 saturated heterocycles. The molecule has 1 aliphatic rings. The van der Waals surface area contributed by atoms with Crippen LogP contribution >= 0.6 is 0 Å². The summed E-state index contributed by atoms with van der Waals surface area (Å²) in [7, 11) is 0. The number of nitrogens with zero attached hydrogens (tertiary/aromatic N) is 4. The molecule has 25 heavy (non-hydrogen) atoms. The smallest absolute Gasteiger partial charge is 0.322 e. The predicted molar refractivity (Wildman–Crippen MR) is 92.6 cm³/mol. The first-order valence-electron chi connectivity index (χ1n) is 8.48. The standard InChI is InChI=1S/C17H23N5O3/c1-3-22-11-13(9-19-22)15-12-21(7-8-25-15)17(23)20-14-5-6-16(18-10-14)24-4-2/h5-6,9-11,15H,3-4,7-8,12H2,1-2H3,(H,20,23)/t15-/m0/s1. The summed E-state index contributed by atoms with van der Waals surface area (Å²) in [6, 6.07) is 3.35. The van der Waals surface area contributed by atoms with Crippen molar-refractivity contribution in [1.29, 1.82) is 0 Å². The van der Waals surface area contributed by atoms with Crippen LogP contribution in [-0.4, -0.2) is 52.0 Å². The van der Waals surface area contributed by atoms with E-state index in [4.69, 9.17) is 9.47 Å². The van der Waals surface area contributed by atoms with Crippen LogP contribution in [-0.2, 0) is 11.3 Å². The first-order chi connectivity index (χ1) is 12.2. The highest BCUT2D eigenvalue weighted by Gasteiger charge is 2.26. The second kappa shape index (κ2) is 7.98. The number of rotatable bonds is 5. The van der Waals surface area contributed by atoms with Crippen LogP contribution in [0.3, 0.4) is 0 Å². The fourth-order valence-electron chi connectivity index (χ4n) is 2.64. The Bertz CT molecular complexity index is 701. The summed E-state index contributed by atoms with van der Waals surface area (Å²) in [6.45, 7) is 6.83. The van der Waals surface area contributed by atoms with Crippen molar-refractivity contribution in [3.05, 3.63) is 36.3 Å². The monoisotopic (exact) mass is 345 g/mol. The third kappa shape index (κ3) is 4.27. The maximum atomic E-state index is 12.5. The SMILES string of the molecule is CCOc1ccc(NC(=O)N2CCO[C@H](c3cnn(CC)c3)C2)cn1. The third-order valence-electron chi connectivity index (χ3n) is 3.98. The molecule has 2 aromatic rings. The minimum absolute atomic E-state index is 0.154. The van der Waals surface area contributed by atoms with Gasteiger partial charge in [-0.05, 0) is 19.9 Å². The summed E-state index contributed by atoms with van der Waals surface area (Å²) < 4.78 is 12.9. The van der Waals surface area contributed by atoms with Gasteiger partial charge in [-0.15, -0.1) is 0 Å². The molecule has 8 heteroatoms. The normalized spacial score (nSPS) is 17.4. The van der Waals surface area contributed by atoms with E-state index < -0.39 is 0 Å². The van der Waals surface area contributed by atoms with Gasteiger partial charge in [-0.25, -0.2) is 9.78 Å². The van der Waals surface area contributed by atoms with Crippen LogP contribution in [0.1, 0.15) is 25.5 Å². The Balaban J connectivity index is 1.59. The molecular weight excluding hydrogens is 322 g/mol. The Morgan fingerprint density at radius 2 is 2.28 bits per heavy atom. The lowest BCUT2D eigenvalue weighted by atomic mass is 10.1. The molecule has 0 aromatic carbocycles. The van der Waals surface area contributed by atoms with Crippen molar-refractivity contribution in [2.75, 3.05) is 31.6 Å². The van der Waals surface area contributed by atoms with E-state index in [0.29, 0.717) is 37.9 Å². The first kappa shape index (κ1) is 17.2. The number of nitrogens with one attached hydrogen (secondary N) is 1. The second-order valence-corrected chi connectivity index (χ2v) is 5.68. The van der Waals surface area contributed by atoms with Crippen molar-refractivity contribution in [3.63, 3.8) is 0 Å². The zero-order valence-corrected chi connectivity index (χ0v) is 14.5. The lowest BCUT2D eigenvalue weighted by Gasteiger charge is -2.32. The number of ether oxygens (including phenoxy) is 2. The van der Waals surface area contributed by atoms with Crippen LogP contribution in [0.5, 0.6) is 5.88 Å². The number of pyridine rings is 1. The largest absolute Gasteiger partial charge is 0.478 e. The quantitative estimate of drug-likeness (QED) is 0.899. The van der Waals surface area contributed by atoms with E-state index in [9.17, 15) is 4.79 Å². The molecule has 1 aliphatic heterocycles. The van der Waals surface area contributed by atoms with Crippen molar-refractivity contribution in [3.8, 4) is 5.88 Å². The minimum Gasteiger partial charge on any atom is -0.478 e. The molecule has 0 radical (unpaired) electrons. The number of morpholine rings is 1. The molecule has 2 aromatic heterocycles. The average molecular weight is 345 g/mol. The molecule has 1 N–H and O–H groups in total. The van der Waals surface area contributed by atoms with Crippen molar-refractivity contribution in [1.82, 2.24) is 19.7 Å². The Morgan fingerprint density at radius 3 is 2.96 bits per heavy atom. The maximum Gasteiger partial charge on any atom is 0.322 e. The number of anilines is 1. The van der Waals surface area contributed by atoms with Crippen molar-refractivity contribution >= 4 is 11.7 Å². The van der Waals surface area contributed by atoms with E-state index >= 15 is 0 Å². The van der Waals surface area contributed by atoms with Gasteiger partial charge >= 0.3 is 6.03 Å². The van der Waals surface area contributed by atoms with E-state index in [2.05, 4.69) is 15.4 Å². The highest BCUT2D eigenvalue weighted by Crippen LogP contribution is 2.22. The van der Waals surface area contributed by atoms with Gasteiger partial charge in [0.15, 0.2) is 0 Å². The molecular formula is C17H23N5O3. The van der Waals surface area contributed by atoms with Gasteiger partial charge in [0.25, 0.3) is 0 Å². The number of urea groups is 1. The third-order valence-corrected chi connectivity index (χ3v) is 3.98. The number of aromatic nitrogens is 3. The van der Waals surface area contributed by atoms with Gasteiger partial charge in [-0.3, -0.25) is 4.68 Å². The van der Waals surface area contributed by atoms with Crippen LogP contribution in [0.4, 0.5) is 10.5 Å². The molecule has 1 atom stereocenters. The van der Waals surface area contributed by atoms with E-state index in [1.165, 1.54) is 0 Å². The van der Waals surface area contributed by atoms with E-state index in [0.717, 1.165) is 12.1 Å².